The number of methoxy groups -OCH3 is 1. The smallest absolute Gasteiger partial charge is 0.253 e. The van der Waals surface area contributed by atoms with Crippen LogP contribution in [0, 0.1) is 5.41 Å². The normalized spacial score (nSPS) is 18.4. The van der Waals surface area contributed by atoms with Crippen molar-refractivity contribution in [2.75, 3.05) is 69.3 Å². The zero-order valence-corrected chi connectivity index (χ0v) is 26.5. The first-order valence-electron chi connectivity index (χ1n) is 16.4. The zero-order chi connectivity index (χ0) is 31.5. The summed E-state index contributed by atoms with van der Waals surface area (Å²) in [5, 5.41) is 6.88. The van der Waals surface area contributed by atoms with E-state index in [1.807, 2.05) is 46.3 Å². The molecule has 2 amide bonds. The second kappa shape index (κ2) is 13.0. The van der Waals surface area contributed by atoms with Crippen LogP contribution >= 0.6 is 0 Å². The van der Waals surface area contributed by atoms with Gasteiger partial charge in [-0.1, -0.05) is 30.3 Å². The number of aromatic amines is 1. The standard InChI is InChI=1S/C37H42N6O3/c1-46-34-25-32(11-12-33(34)30-26-38-39-27-30)43-20-16-37(36(43)45)14-18-42(19-15-37)35(44)29-7-9-31(10-8-29)41-23-21-40(22-24-41)17-13-28-5-3-2-4-6-28/h2-12,25-27H,13-24H2,1H3,(H,38,39). The Morgan fingerprint density at radius 1 is 0.870 bits per heavy atom. The largest absolute Gasteiger partial charge is 0.496 e. The number of hydrogen-bond acceptors (Lipinski definition) is 6. The van der Waals surface area contributed by atoms with Crippen molar-refractivity contribution in [3.63, 3.8) is 0 Å². The number of rotatable bonds is 8. The number of ether oxygens (including phenoxy) is 1. The summed E-state index contributed by atoms with van der Waals surface area (Å²) in [6.07, 6.45) is 6.84. The van der Waals surface area contributed by atoms with E-state index in [1.165, 1.54) is 11.3 Å². The van der Waals surface area contributed by atoms with Crippen molar-refractivity contribution in [1.29, 1.82) is 0 Å². The minimum atomic E-state index is -0.416. The summed E-state index contributed by atoms with van der Waals surface area (Å²) in [5.41, 5.74) is 5.57. The van der Waals surface area contributed by atoms with Crippen LogP contribution in [0.4, 0.5) is 11.4 Å². The first kappa shape index (κ1) is 30.0. The van der Waals surface area contributed by atoms with Crippen molar-refractivity contribution in [2.24, 2.45) is 5.41 Å². The molecule has 46 heavy (non-hydrogen) atoms. The van der Waals surface area contributed by atoms with E-state index in [4.69, 9.17) is 4.74 Å². The second-order valence-electron chi connectivity index (χ2n) is 12.8. The molecule has 0 unspecified atom stereocenters. The fraction of sp³-hybridized carbons (Fsp3) is 0.378. The first-order valence-corrected chi connectivity index (χ1v) is 16.4. The predicted octanol–water partition coefficient (Wildman–Crippen LogP) is 5.11. The Kier molecular flexibility index (Phi) is 8.49. The van der Waals surface area contributed by atoms with Crippen LogP contribution in [0.3, 0.4) is 0 Å². The zero-order valence-electron chi connectivity index (χ0n) is 26.5. The lowest BCUT2D eigenvalue weighted by Gasteiger charge is -2.38. The molecule has 1 spiro atoms. The van der Waals surface area contributed by atoms with E-state index in [1.54, 1.807) is 13.3 Å². The molecule has 1 N–H and O–H groups in total. The van der Waals surface area contributed by atoms with E-state index in [2.05, 4.69) is 62.5 Å². The molecule has 238 valence electrons. The lowest BCUT2D eigenvalue weighted by molar-refractivity contribution is -0.127. The highest BCUT2D eigenvalue weighted by Gasteiger charge is 2.49. The van der Waals surface area contributed by atoms with Crippen molar-refractivity contribution in [1.82, 2.24) is 20.0 Å². The molecule has 3 aromatic carbocycles. The molecule has 0 atom stereocenters. The quantitative estimate of drug-likeness (QED) is 0.296. The van der Waals surface area contributed by atoms with E-state index in [0.717, 1.165) is 62.4 Å². The fourth-order valence-electron chi connectivity index (χ4n) is 7.31. The summed E-state index contributed by atoms with van der Waals surface area (Å²) < 4.78 is 5.66. The molecule has 3 aliphatic rings. The maximum Gasteiger partial charge on any atom is 0.253 e. The molecule has 1 aromatic heterocycles. The van der Waals surface area contributed by atoms with Crippen LogP contribution < -0.4 is 14.5 Å². The van der Waals surface area contributed by atoms with Gasteiger partial charge in [0.2, 0.25) is 5.91 Å². The van der Waals surface area contributed by atoms with Gasteiger partial charge < -0.3 is 19.4 Å². The van der Waals surface area contributed by atoms with E-state index in [-0.39, 0.29) is 11.8 Å². The number of piperidine rings is 1. The highest BCUT2D eigenvalue weighted by Crippen LogP contribution is 2.44. The van der Waals surface area contributed by atoms with Crippen molar-refractivity contribution in [3.05, 3.63) is 96.3 Å². The average molecular weight is 619 g/mol. The van der Waals surface area contributed by atoms with Crippen LogP contribution in [0.25, 0.3) is 11.1 Å². The molecule has 3 fully saturated rings. The average Bonchev–Trinajstić information content (AvgIpc) is 3.76. The SMILES string of the molecule is COc1cc(N2CCC3(CCN(C(=O)c4ccc(N5CCN(CCc6ccccc6)CC5)cc4)CC3)C2=O)ccc1-c1cn[nH]c1. The number of hydrogen-bond donors (Lipinski definition) is 1. The van der Waals surface area contributed by atoms with Gasteiger partial charge in [0.05, 0.1) is 18.7 Å². The summed E-state index contributed by atoms with van der Waals surface area (Å²) in [7, 11) is 1.64. The van der Waals surface area contributed by atoms with Crippen LogP contribution in [0.1, 0.15) is 35.2 Å². The van der Waals surface area contributed by atoms with Crippen molar-refractivity contribution < 1.29 is 14.3 Å². The lowest BCUT2D eigenvalue weighted by Crippen LogP contribution is -2.47. The molecule has 7 rings (SSSR count). The topological polar surface area (TPSA) is 85.0 Å². The molecule has 9 nitrogen and oxygen atoms in total. The van der Waals surface area contributed by atoms with E-state index < -0.39 is 5.41 Å². The van der Waals surface area contributed by atoms with Crippen LogP contribution in [-0.4, -0.2) is 91.3 Å². The van der Waals surface area contributed by atoms with Crippen molar-refractivity contribution in [2.45, 2.75) is 25.7 Å². The Hall–Kier alpha value is -4.63. The third-order valence-corrected chi connectivity index (χ3v) is 10.2. The highest BCUT2D eigenvalue weighted by molar-refractivity contribution is 6.01. The Balaban J connectivity index is 0.917. The van der Waals surface area contributed by atoms with Gasteiger partial charge in [-0.05, 0) is 67.6 Å². The highest BCUT2D eigenvalue weighted by atomic mass is 16.5. The number of likely N-dealkylation sites (tertiary alicyclic amines) is 1. The van der Waals surface area contributed by atoms with Gasteiger partial charge in [-0.3, -0.25) is 19.6 Å². The van der Waals surface area contributed by atoms with Crippen LogP contribution in [-0.2, 0) is 11.2 Å². The Labute approximate surface area is 270 Å². The van der Waals surface area contributed by atoms with Gasteiger partial charge in [0.1, 0.15) is 5.75 Å². The summed E-state index contributed by atoms with van der Waals surface area (Å²) in [4.78, 5) is 36.1. The van der Waals surface area contributed by atoms with E-state index in [0.29, 0.717) is 43.8 Å². The number of anilines is 2. The van der Waals surface area contributed by atoms with Gasteiger partial charge in [-0.2, -0.15) is 5.10 Å². The number of aromatic nitrogens is 2. The minimum absolute atomic E-state index is 0.0500. The molecule has 0 radical (unpaired) electrons. The summed E-state index contributed by atoms with van der Waals surface area (Å²) >= 11 is 0. The maximum atomic E-state index is 13.8. The number of H-pyrrole nitrogens is 1. The number of carbonyl (C=O) groups is 2. The van der Waals surface area contributed by atoms with E-state index >= 15 is 0 Å². The number of benzene rings is 3. The summed E-state index contributed by atoms with van der Waals surface area (Å²) in [6, 6.07) is 24.7. The molecule has 3 aliphatic heterocycles. The van der Waals surface area contributed by atoms with Gasteiger partial charge in [0, 0.05) is 92.7 Å². The van der Waals surface area contributed by atoms with Crippen molar-refractivity contribution >= 4 is 23.2 Å². The molecular formula is C37H42N6O3. The van der Waals surface area contributed by atoms with Gasteiger partial charge in [0.15, 0.2) is 0 Å². The van der Waals surface area contributed by atoms with Gasteiger partial charge >= 0.3 is 0 Å². The molecule has 0 aliphatic carbocycles. The second-order valence-corrected chi connectivity index (χ2v) is 12.8. The number of piperazine rings is 1. The van der Waals surface area contributed by atoms with Crippen molar-refractivity contribution in [3.8, 4) is 16.9 Å². The summed E-state index contributed by atoms with van der Waals surface area (Å²) in [6.45, 7) is 7.00. The first-order chi connectivity index (χ1) is 22.5. The number of carbonyl (C=O) groups excluding carboxylic acids is 2. The fourth-order valence-corrected chi connectivity index (χ4v) is 7.31. The number of nitrogens with zero attached hydrogens (tertiary/aromatic N) is 5. The molecule has 0 saturated carbocycles. The molecule has 3 saturated heterocycles. The molecular weight excluding hydrogens is 576 g/mol. The number of amides is 2. The summed E-state index contributed by atoms with van der Waals surface area (Å²) in [5.74, 6) is 0.913. The Morgan fingerprint density at radius 2 is 1.59 bits per heavy atom. The van der Waals surface area contributed by atoms with Crippen LogP contribution in [0.15, 0.2) is 85.2 Å². The molecule has 9 heteroatoms. The van der Waals surface area contributed by atoms with Gasteiger partial charge in [-0.15, -0.1) is 0 Å². The van der Waals surface area contributed by atoms with E-state index in [9.17, 15) is 9.59 Å². The maximum absolute atomic E-state index is 13.8. The van der Waals surface area contributed by atoms with Crippen LogP contribution in [0.5, 0.6) is 5.75 Å². The molecule has 4 aromatic rings. The third-order valence-electron chi connectivity index (χ3n) is 10.2. The number of nitrogens with one attached hydrogen (secondary N) is 1. The lowest BCUT2D eigenvalue weighted by atomic mass is 9.77. The monoisotopic (exact) mass is 618 g/mol. The van der Waals surface area contributed by atoms with Crippen LogP contribution in [0.2, 0.25) is 0 Å². The minimum Gasteiger partial charge on any atom is -0.496 e. The Bertz CT molecular complexity index is 1640. The molecule has 0 bridgehead atoms. The van der Waals surface area contributed by atoms with Gasteiger partial charge in [0.25, 0.3) is 5.91 Å². The van der Waals surface area contributed by atoms with Gasteiger partial charge in [-0.25, -0.2) is 0 Å². The molecule has 4 heterocycles. The third kappa shape index (κ3) is 5.99. The predicted molar refractivity (Wildman–Crippen MR) is 180 cm³/mol. The Morgan fingerprint density at radius 3 is 2.28 bits per heavy atom.